The molecule has 5 heteroatoms. The van der Waals surface area contributed by atoms with E-state index < -0.39 is 0 Å². The van der Waals surface area contributed by atoms with Gasteiger partial charge in [-0.3, -0.25) is 4.68 Å². The second-order valence-electron chi connectivity index (χ2n) is 5.82. The highest BCUT2D eigenvalue weighted by molar-refractivity contribution is 6.32. The monoisotopic (exact) mass is 346 g/mol. The summed E-state index contributed by atoms with van der Waals surface area (Å²) < 4.78 is 1.92. The van der Waals surface area contributed by atoms with Crippen molar-refractivity contribution in [1.29, 1.82) is 10.5 Å². The van der Waals surface area contributed by atoms with E-state index in [1.54, 1.807) is 18.2 Å². The van der Waals surface area contributed by atoms with Crippen molar-refractivity contribution in [1.82, 2.24) is 9.78 Å². The van der Waals surface area contributed by atoms with Crippen molar-refractivity contribution < 1.29 is 0 Å². The predicted molar refractivity (Wildman–Crippen MR) is 97.1 cm³/mol. The fraction of sp³-hybridized carbons (Fsp3) is 0.150. The summed E-state index contributed by atoms with van der Waals surface area (Å²) >= 11 is 6.17. The molecule has 0 radical (unpaired) electrons. The first-order valence-electron chi connectivity index (χ1n) is 7.76. The third-order valence-electron chi connectivity index (χ3n) is 4.15. The van der Waals surface area contributed by atoms with Gasteiger partial charge in [-0.25, -0.2) is 0 Å². The Morgan fingerprint density at radius 3 is 2.56 bits per heavy atom. The molecule has 2 aromatic carbocycles. The second-order valence-corrected chi connectivity index (χ2v) is 6.23. The molecule has 0 bridgehead atoms. The first kappa shape index (κ1) is 16.8. The lowest BCUT2D eigenvalue weighted by Gasteiger charge is -2.07. The summed E-state index contributed by atoms with van der Waals surface area (Å²) in [6, 6.07) is 17.2. The van der Waals surface area contributed by atoms with Crippen LogP contribution < -0.4 is 0 Å². The topological polar surface area (TPSA) is 65.4 Å². The van der Waals surface area contributed by atoms with Crippen LogP contribution in [0.25, 0.3) is 11.1 Å². The lowest BCUT2D eigenvalue weighted by molar-refractivity contribution is 0.659. The Bertz CT molecular complexity index is 1030. The van der Waals surface area contributed by atoms with Gasteiger partial charge >= 0.3 is 0 Å². The van der Waals surface area contributed by atoms with Crippen LogP contribution in [0.5, 0.6) is 0 Å². The average Bonchev–Trinajstić information content (AvgIpc) is 2.88. The van der Waals surface area contributed by atoms with Crippen LogP contribution in [-0.4, -0.2) is 9.78 Å². The van der Waals surface area contributed by atoms with Crippen molar-refractivity contribution in [3.63, 3.8) is 0 Å². The highest BCUT2D eigenvalue weighted by Gasteiger charge is 2.15. The van der Waals surface area contributed by atoms with Gasteiger partial charge in [0.1, 0.15) is 6.07 Å². The SMILES string of the molecule is Cc1nn(Cc2cccc(C#N)c2)c(C)c1-c1ccc(C#N)c(Cl)c1. The average molecular weight is 347 g/mol. The zero-order valence-corrected chi connectivity index (χ0v) is 14.7. The molecule has 1 aromatic heterocycles. The summed E-state index contributed by atoms with van der Waals surface area (Å²) in [4.78, 5) is 0. The molecule has 3 rings (SSSR count). The van der Waals surface area contributed by atoms with Crippen LogP contribution in [0.3, 0.4) is 0 Å². The molecule has 0 N–H and O–H groups in total. The first-order valence-corrected chi connectivity index (χ1v) is 8.14. The normalized spacial score (nSPS) is 10.3. The van der Waals surface area contributed by atoms with Crippen LogP contribution in [-0.2, 0) is 6.54 Å². The van der Waals surface area contributed by atoms with Gasteiger partial charge < -0.3 is 0 Å². The number of aryl methyl sites for hydroxylation is 1. The Morgan fingerprint density at radius 1 is 1.08 bits per heavy atom. The molecule has 3 aromatic rings. The fourth-order valence-electron chi connectivity index (χ4n) is 2.94. The molecule has 0 aliphatic heterocycles. The zero-order valence-electron chi connectivity index (χ0n) is 13.9. The lowest BCUT2D eigenvalue weighted by atomic mass is 10.0. The van der Waals surface area contributed by atoms with Gasteiger partial charge in [-0.15, -0.1) is 0 Å². The molecule has 0 saturated carbocycles. The molecule has 0 spiro atoms. The summed E-state index contributed by atoms with van der Waals surface area (Å²) in [6.07, 6.45) is 0. The minimum absolute atomic E-state index is 0.438. The second kappa shape index (κ2) is 6.81. The summed E-state index contributed by atoms with van der Waals surface area (Å²) in [5.74, 6) is 0. The first-order chi connectivity index (χ1) is 12.0. The van der Waals surface area contributed by atoms with E-state index in [0.717, 1.165) is 28.1 Å². The van der Waals surface area contributed by atoms with Crippen molar-refractivity contribution in [3.8, 4) is 23.3 Å². The molecular weight excluding hydrogens is 332 g/mol. The third kappa shape index (κ3) is 3.26. The van der Waals surface area contributed by atoms with Gasteiger partial charge in [0.2, 0.25) is 0 Å². The van der Waals surface area contributed by atoms with E-state index in [1.165, 1.54) is 0 Å². The zero-order chi connectivity index (χ0) is 18.0. The molecule has 0 aliphatic carbocycles. The van der Waals surface area contributed by atoms with Crippen LogP contribution in [0.15, 0.2) is 42.5 Å². The highest BCUT2D eigenvalue weighted by atomic mass is 35.5. The number of benzene rings is 2. The number of halogens is 1. The minimum atomic E-state index is 0.438. The van der Waals surface area contributed by atoms with Gasteiger partial charge in [0, 0.05) is 11.3 Å². The number of aromatic nitrogens is 2. The van der Waals surface area contributed by atoms with Crippen LogP contribution in [0.4, 0.5) is 0 Å². The smallest absolute Gasteiger partial charge is 0.101 e. The van der Waals surface area contributed by atoms with Crippen LogP contribution in [0.1, 0.15) is 28.1 Å². The number of nitriles is 2. The molecule has 0 unspecified atom stereocenters. The minimum Gasteiger partial charge on any atom is -0.265 e. The summed E-state index contributed by atoms with van der Waals surface area (Å²) in [6.45, 7) is 4.55. The van der Waals surface area contributed by atoms with E-state index in [9.17, 15) is 0 Å². The van der Waals surface area contributed by atoms with Crippen LogP contribution in [0.2, 0.25) is 5.02 Å². The van der Waals surface area contributed by atoms with Crippen molar-refractivity contribution in [2.75, 3.05) is 0 Å². The van der Waals surface area contributed by atoms with Gasteiger partial charge in [-0.05, 0) is 49.2 Å². The van der Waals surface area contributed by atoms with Crippen molar-refractivity contribution in [2.24, 2.45) is 0 Å². The molecular formula is C20H15ClN4. The van der Waals surface area contributed by atoms with Crippen LogP contribution in [0, 0.1) is 36.5 Å². The van der Waals surface area contributed by atoms with E-state index >= 15 is 0 Å². The van der Waals surface area contributed by atoms with Crippen molar-refractivity contribution >= 4 is 11.6 Å². The number of hydrogen-bond donors (Lipinski definition) is 0. The molecule has 4 nitrogen and oxygen atoms in total. The van der Waals surface area contributed by atoms with E-state index in [-0.39, 0.29) is 0 Å². The Labute approximate surface area is 151 Å². The van der Waals surface area contributed by atoms with Gasteiger partial charge in [-0.2, -0.15) is 15.6 Å². The maximum absolute atomic E-state index is 9.04. The van der Waals surface area contributed by atoms with Crippen molar-refractivity contribution in [2.45, 2.75) is 20.4 Å². The van der Waals surface area contributed by atoms with Crippen LogP contribution >= 0.6 is 11.6 Å². The summed E-state index contributed by atoms with van der Waals surface area (Å²) in [5.41, 5.74) is 5.99. The maximum atomic E-state index is 9.04. The molecule has 0 atom stereocenters. The highest BCUT2D eigenvalue weighted by Crippen LogP contribution is 2.30. The van der Waals surface area contributed by atoms with E-state index in [0.29, 0.717) is 22.7 Å². The maximum Gasteiger partial charge on any atom is 0.101 e. The summed E-state index contributed by atoms with van der Waals surface area (Å²) in [7, 11) is 0. The lowest BCUT2D eigenvalue weighted by Crippen LogP contribution is -2.04. The van der Waals surface area contributed by atoms with Gasteiger partial charge in [-0.1, -0.05) is 29.8 Å². The summed E-state index contributed by atoms with van der Waals surface area (Å²) in [5, 5.41) is 23.1. The van der Waals surface area contributed by atoms with E-state index in [4.69, 9.17) is 22.1 Å². The van der Waals surface area contributed by atoms with Gasteiger partial charge in [0.15, 0.2) is 0 Å². The largest absolute Gasteiger partial charge is 0.265 e. The number of nitrogens with zero attached hydrogens (tertiary/aromatic N) is 4. The molecule has 122 valence electrons. The van der Waals surface area contributed by atoms with E-state index in [2.05, 4.69) is 17.2 Å². The molecule has 0 amide bonds. The Kier molecular flexibility index (Phi) is 4.57. The van der Waals surface area contributed by atoms with Crippen molar-refractivity contribution in [3.05, 3.63) is 75.6 Å². The Hall–Kier alpha value is -3.08. The quantitative estimate of drug-likeness (QED) is 0.695. The fourth-order valence-corrected chi connectivity index (χ4v) is 3.16. The number of rotatable bonds is 3. The third-order valence-corrected chi connectivity index (χ3v) is 4.46. The number of hydrogen-bond acceptors (Lipinski definition) is 3. The molecule has 0 fully saturated rings. The molecule has 1 heterocycles. The molecule has 25 heavy (non-hydrogen) atoms. The Balaban J connectivity index is 2.00. The van der Waals surface area contributed by atoms with Gasteiger partial charge in [0.05, 0.1) is 34.5 Å². The van der Waals surface area contributed by atoms with Gasteiger partial charge in [0.25, 0.3) is 0 Å². The van der Waals surface area contributed by atoms with E-state index in [1.807, 2.05) is 42.8 Å². The Morgan fingerprint density at radius 2 is 1.88 bits per heavy atom. The predicted octanol–water partition coefficient (Wildman–Crippen LogP) is 4.61. The molecule has 0 saturated heterocycles. The standard InChI is InChI=1S/C20H15ClN4/c1-13-20(17-6-7-18(11-23)19(21)9-17)14(2)25(24-13)12-16-5-3-4-15(8-16)10-22/h3-9H,12H2,1-2H3. The molecule has 0 aliphatic rings.